The number of rotatable bonds is 4. The molecule has 0 saturated heterocycles. The van der Waals surface area contributed by atoms with Crippen molar-refractivity contribution in [3.05, 3.63) is 35.7 Å². The van der Waals surface area contributed by atoms with Gasteiger partial charge in [-0.05, 0) is 44.4 Å². The molecule has 26 heavy (non-hydrogen) atoms. The van der Waals surface area contributed by atoms with Crippen LogP contribution >= 0.6 is 0 Å². The van der Waals surface area contributed by atoms with Crippen molar-refractivity contribution >= 4 is 22.5 Å². The van der Waals surface area contributed by atoms with Crippen LogP contribution in [0.5, 0.6) is 5.75 Å². The molecule has 6 heteroatoms. The number of aromatic nitrogens is 3. The largest absolute Gasteiger partial charge is 0.496 e. The van der Waals surface area contributed by atoms with Gasteiger partial charge in [-0.2, -0.15) is 0 Å². The van der Waals surface area contributed by atoms with E-state index in [0.717, 1.165) is 35.3 Å². The highest BCUT2D eigenvalue weighted by Gasteiger charge is 2.28. The molecule has 0 unspecified atom stereocenters. The van der Waals surface area contributed by atoms with E-state index in [-0.39, 0.29) is 6.04 Å². The van der Waals surface area contributed by atoms with Crippen molar-refractivity contribution in [2.24, 2.45) is 0 Å². The van der Waals surface area contributed by atoms with Crippen molar-refractivity contribution in [3.63, 3.8) is 0 Å². The highest BCUT2D eigenvalue weighted by atomic mass is 16.5. The highest BCUT2D eigenvalue weighted by molar-refractivity contribution is 5.99. The predicted octanol–water partition coefficient (Wildman–Crippen LogP) is 3.50. The summed E-state index contributed by atoms with van der Waals surface area (Å²) in [6, 6.07) is 5.49. The number of nitrogens with two attached hydrogens (primary N) is 1. The van der Waals surface area contributed by atoms with Crippen molar-refractivity contribution in [2.45, 2.75) is 32.7 Å². The normalized spacial score (nSPS) is 16.0. The number of aryl methyl sites for hydroxylation is 1. The zero-order valence-corrected chi connectivity index (χ0v) is 15.1. The van der Waals surface area contributed by atoms with E-state index in [1.807, 2.05) is 26.0 Å². The van der Waals surface area contributed by atoms with Crippen LogP contribution in [0, 0.1) is 13.8 Å². The third-order valence-corrected chi connectivity index (χ3v) is 4.88. The molecule has 2 aromatic heterocycles. The van der Waals surface area contributed by atoms with Crippen LogP contribution in [0.4, 0.5) is 11.6 Å². The lowest BCUT2D eigenvalue weighted by molar-refractivity contribution is 0.412. The number of ether oxygens (including phenoxy) is 1. The highest BCUT2D eigenvalue weighted by Crippen LogP contribution is 2.39. The molecule has 134 valence electrons. The number of methoxy groups -OCH3 is 1. The Morgan fingerprint density at radius 1 is 1.27 bits per heavy atom. The second-order valence-electron chi connectivity index (χ2n) is 6.67. The average Bonchev–Trinajstić information content (AvgIpc) is 3.46. The summed E-state index contributed by atoms with van der Waals surface area (Å²) in [4.78, 5) is 14.7. The van der Waals surface area contributed by atoms with Crippen LogP contribution in [-0.4, -0.2) is 35.1 Å². The van der Waals surface area contributed by atoms with Gasteiger partial charge in [-0.3, -0.25) is 0 Å². The molecule has 0 bridgehead atoms. The minimum Gasteiger partial charge on any atom is -0.496 e. The van der Waals surface area contributed by atoms with Crippen LogP contribution in [0.3, 0.4) is 0 Å². The number of pyridine rings is 1. The Morgan fingerprint density at radius 2 is 2.08 bits per heavy atom. The number of nitrogens with zero attached hydrogens (tertiary/aromatic N) is 4. The molecule has 1 aromatic carbocycles. The van der Waals surface area contributed by atoms with Gasteiger partial charge in [-0.1, -0.05) is 6.07 Å². The summed E-state index contributed by atoms with van der Waals surface area (Å²) in [6.07, 6.45) is 3.05. The van der Waals surface area contributed by atoms with Crippen LogP contribution < -0.4 is 15.4 Å². The molecular weight excluding hydrogens is 326 g/mol. The molecule has 6 nitrogen and oxygen atoms in total. The first-order valence-corrected chi connectivity index (χ1v) is 8.57. The van der Waals surface area contributed by atoms with Gasteiger partial charge in [0, 0.05) is 33.6 Å². The minimum atomic E-state index is -2.30. The summed E-state index contributed by atoms with van der Waals surface area (Å²) in [5.41, 5.74) is 10.1. The van der Waals surface area contributed by atoms with E-state index < -0.39 is 6.98 Å². The van der Waals surface area contributed by atoms with Crippen LogP contribution in [0.25, 0.3) is 22.2 Å². The summed E-state index contributed by atoms with van der Waals surface area (Å²) in [5, 5.41) is 0.587. The Bertz CT molecular complexity index is 1100. The molecule has 0 radical (unpaired) electrons. The average molecular weight is 352 g/mol. The van der Waals surface area contributed by atoms with Crippen molar-refractivity contribution in [1.82, 2.24) is 15.0 Å². The second-order valence-corrected chi connectivity index (χ2v) is 6.67. The van der Waals surface area contributed by atoms with Gasteiger partial charge < -0.3 is 15.4 Å². The lowest BCUT2D eigenvalue weighted by atomic mass is 9.97. The van der Waals surface area contributed by atoms with E-state index in [4.69, 9.17) is 19.6 Å². The van der Waals surface area contributed by atoms with Gasteiger partial charge in [-0.25, -0.2) is 15.0 Å². The minimum absolute atomic E-state index is 0.0568. The van der Waals surface area contributed by atoms with Gasteiger partial charge in [-0.15, -0.1) is 0 Å². The van der Waals surface area contributed by atoms with E-state index in [0.29, 0.717) is 28.2 Å². The summed E-state index contributed by atoms with van der Waals surface area (Å²) in [6.45, 7) is 1.63. The molecule has 0 amide bonds. The number of benzene rings is 1. The van der Waals surface area contributed by atoms with E-state index in [1.54, 1.807) is 13.2 Å². The Hall–Kier alpha value is -2.89. The standard InChI is InChI=1S/C20H23N5O/c1-11-5-8-15(26-4)12(2)17(11)19-18-14(20(21)23-10-22-18)9-16(24-19)25(3)13-6-7-13/h5,8-10,13H,6-7H2,1-4H3,(H2,21,22,23)/i3D3. The van der Waals surface area contributed by atoms with Crippen molar-refractivity contribution < 1.29 is 8.85 Å². The first-order chi connectivity index (χ1) is 13.7. The van der Waals surface area contributed by atoms with E-state index in [9.17, 15) is 0 Å². The lowest BCUT2D eigenvalue weighted by Crippen LogP contribution is -2.21. The molecule has 1 saturated carbocycles. The zero-order chi connectivity index (χ0) is 20.9. The van der Waals surface area contributed by atoms with Crippen LogP contribution in [0.1, 0.15) is 28.1 Å². The number of hydrogen-bond acceptors (Lipinski definition) is 6. The van der Waals surface area contributed by atoms with Gasteiger partial charge in [0.25, 0.3) is 0 Å². The zero-order valence-electron chi connectivity index (χ0n) is 18.1. The summed E-state index contributed by atoms with van der Waals surface area (Å²) < 4.78 is 29.5. The Kier molecular flexibility index (Phi) is 3.14. The van der Waals surface area contributed by atoms with Gasteiger partial charge in [0.1, 0.15) is 29.2 Å². The first-order valence-electron chi connectivity index (χ1n) is 10.1. The fourth-order valence-corrected chi connectivity index (χ4v) is 3.30. The lowest BCUT2D eigenvalue weighted by Gasteiger charge is -2.21. The maximum absolute atomic E-state index is 8.02. The van der Waals surface area contributed by atoms with Gasteiger partial charge in [0.05, 0.1) is 12.8 Å². The number of nitrogen functional groups attached to an aromatic ring is 1. The van der Waals surface area contributed by atoms with E-state index in [1.165, 1.54) is 11.2 Å². The van der Waals surface area contributed by atoms with Crippen molar-refractivity contribution in [2.75, 3.05) is 24.7 Å². The monoisotopic (exact) mass is 352 g/mol. The van der Waals surface area contributed by atoms with Gasteiger partial charge in [0.2, 0.25) is 0 Å². The third kappa shape index (κ3) is 2.62. The summed E-state index contributed by atoms with van der Waals surface area (Å²) >= 11 is 0. The Labute approximate surface area is 157 Å². The molecule has 4 rings (SSSR count). The summed E-state index contributed by atoms with van der Waals surface area (Å²) in [5.74, 6) is 1.38. The summed E-state index contributed by atoms with van der Waals surface area (Å²) in [7, 11) is 1.62. The number of fused-ring (bicyclic) bond motifs is 1. The predicted molar refractivity (Wildman–Crippen MR) is 105 cm³/mol. The maximum atomic E-state index is 8.02. The first kappa shape index (κ1) is 13.3. The van der Waals surface area contributed by atoms with Crippen molar-refractivity contribution in [3.8, 4) is 17.0 Å². The molecule has 1 fully saturated rings. The van der Waals surface area contributed by atoms with Gasteiger partial charge >= 0.3 is 0 Å². The molecule has 1 aliphatic rings. The SMILES string of the molecule is [2H]C([2H])([2H])N(c1cc2c(N)ncnc2c(-c2c(C)ccc(OC)c2C)n1)C1CC1. The third-order valence-electron chi connectivity index (χ3n) is 4.88. The molecule has 0 spiro atoms. The van der Waals surface area contributed by atoms with Gasteiger partial charge in [0.15, 0.2) is 0 Å². The molecule has 2 heterocycles. The van der Waals surface area contributed by atoms with Crippen LogP contribution in [0.2, 0.25) is 0 Å². The second kappa shape index (κ2) is 6.12. The molecular formula is C20H23N5O. The van der Waals surface area contributed by atoms with Crippen LogP contribution in [0.15, 0.2) is 24.5 Å². The fraction of sp³-hybridized carbons (Fsp3) is 0.350. The van der Waals surface area contributed by atoms with Crippen LogP contribution in [-0.2, 0) is 0 Å². The number of anilines is 2. The quantitative estimate of drug-likeness (QED) is 0.774. The smallest absolute Gasteiger partial charge is 0.134 e. The molecule has 0 atom stereocenters. The molecule has 3 aromatic rings. The van der Waals surface area contributed by atoms with E-state index >= 15 is 0 Å². The van der Waals surface area contributed by atoms with E-state index in [2.05, 4.69) is 9.97 Å². The fourth-order valence-electron chi connectivity index (χ4n) is 3.30. The molecule has 1 aliphatic carbocycles. The number of hydrogen-bond donors (Lipinski definition) is 1. The molecule has 0 aliphatic heterocycles. The van der Waals surface area contributed by atoms with Crippen molar-refractivity contribution in [1.29, 1.82) is 0 Å². The topological polar surface area (TPSA) is 77.2 Å². The molecule has 2 N–H and O–H groups in total. The maximum Gasteiger partial charge on any atom is 0.134 e. The Balaban J connectivity index is 2.06. The Morgan fingerprint density at radius 3 is 2.77 bits per heavy atom.